The number of hydrogen-bond acceptors (Lipinski definition) is 32. The molecule has 0 spiro atoms. The minimum Gasteiger partial charge on any atom is -0.465 e. The summed E-state index contributed by atoms with van der Waals surface area (Å²) in [7, 11) is 3.71. The Morgan fingerprint density at radius 3 is 1.15 bits per heavy atom. The van der Waals surface area contributed by atoms with Crippen LogP contribution >= 0.6 is 0 Å². The molecule has 0 amide bonds. The zero-order valence-electron chi connectivity index (χ0n) is 77.6. The quantitative estimate of drug-likeness (QED) is 0.0147. The first-order valence-electron chi connectivity index (χ1n) is 42.7. The van der Waals surface area contributed by atoms with Crippen LogP contribution in [0.1, 0.15) is 98.0 Å². The fraction of sp³-hybridized carbons (Fsp3) is 0.188. The third-order valence-electron chi connectivity index (χ3n) is 21.1. The second kappa shape index (κ2) is 49.5. The number of nitrogens with zero attached hydrogens (tertiary/aromatic N) is 16. The van der Waals surface area contributed by atoms with Crippen molar-refractivity contribution in [2.24, 2.45) is 14.1 Å². The van der Waals surface area contributed by atoms with E-state index in [1.807, 2.05) is 220 Å². The Morgan fingerprint density at radius 2 is 0.796 bits per heavy atom. The van der Waals surface area contributed by atoms with Crippen molar-refractivity contribution < 1.29 is 258 Å². The van der Waals surface area contributed by atoms with E-state index in [1.165, 1.54) is 6.92 Å². The topological polar surface area (TPSA) is 517 Å². The fourth-order valence-electron chi connectivity index (χ4n) is 14.9. The average molecular weight is 2010 g/mol. The number of H-pyrrole nitrogens is 1. The number of carbonyl (C=O) groups is 5. The summed E-state index contributed by atoms with van der Waals surface area (Å²) < 4.78 is 81.5. The van der Waals surface area contributed by atoms with E-state index in [-0.39, 0.29) is 230 Å². The molecular weight excluding hydrogens is 1920 g/mol. The number of fused-ring (bicyclic) bond motifs is 3. The number of aromatic amines is 1. The Kier molecular flexibility index (Phi) is 36.8. The van der Waals surface area contributed by atoms with E-state index < -0.39 is 78.9 Å². The van der Waals surface area contributed by atoms with E-state index in [2.05, 4.69) is 73.6 Å². The van der Waals surface area contributed by atoms with Crippen LogP contribution in [-0.4, -0.2) is 127 Å². The van der Waals surface area contributed by atoms with Crippen LogP contribution in [0.15, 0.2) is 270 Å². The molecule has 18 aromatic rings. The van der Waals surface area contributed by atoms with Gasteiger partial charge >= 0.3 is 202 Å². The number of aromatic nitrogens is 16. The van der Waals surface area contributed by atoms with Gasteiger partial charge in [0.15, 0.2) is 17.8 Å². The minimum absolute atomic E-state index is 0. The van der Waals surface area contributed by atoms with Crippen LogP contribution in [0, 0.1) is 15.0 Å². The molecule has 142 heavy (non-hydrogen) atoms. The second-order valence-electron chi connectivity index (χ2n) is 30.3. The number of benzene rings is 9. The van der Waals surface area contributed by atoms with E-state index in [9.17, 15) is 53.4 Å². The molecule has 9 aromatic heterocycles. The third-order valence-corrected chi connectivity index (χ3v) is 21.1. The molecule has 18 rings (SSSR count). The minimum atomic E-state index is -1.22. The normalized spacial score (nSPS) is 11.0. The molecule has 708 valence electrons. The van der Waals surface area contributed by atoms with E-state index in [0.29, 0.717) is 94.7 Å². The number of aryl methyl sites for hydroxylation is 2. The number of nitrogens with one attached hydrogen (secondary N) is 1. The van der Waals surface area contributed by atoms with Gasteiger partial charge in [-0.25, -0.2) is 38.4 Å². The van der Waals surface area contributed by atoms with Crippen molar-refractivity contribution in [2.45, 2.75) is 80.0 Å². The molecule has 0 bridgehead atoms. The molecular formula is C96H81K3N17O26+. The molecule has 9 heterocycles. The number of hydrogen-bond donors (Lipinski definition) is 1. The van der Waals surface area contributed by atoms with Gasteiger partial charge in [0, 0.05) is 56.9 Å². The van der Waals surface area contributed by atoms with Gasteiger partial charge in [0.2, 0.25) is 18.8 Å². The number of carbonyl (C=O) groups excluding carboxylic acids is 5. The molecule has 0 fully saturated rings. The Labute approximate surface area is 929 Å². The number of esters is 3. The maximum absolute atomic E-state index is 13.4. The maximum Gasteiger partial charge on any atom is 1.00 e. The molecule has 0 saturated heterocycles. The summed E-state index contributed by atoms with van der Waals surface area (Å²) in [6, 6.07) is 65.1. The summed E-state index contributed by atoms with van der Waals surface area (Å²) in [6.45, 7) is 7.15. The molecule has 1 atom stereocenters. The van der Waals surface area contributed by atoms with Crippen molar-refractivity contribution in [3.05, 3.63) is 340 Å². The second-order valence-corrected chi connectivity index (χ2v) is 30.3. The molecule has 0 saturated carbocycles. The zero-order valence-corrected chi connectivity index (χ0v) is 87.0. The first-order valence-corrected chi connectivity index (χ1v) is 42.7. The number of imidazole rings is 3. The van der Waals surface area contributed by atoms with Gasteiger partial charge in [0.25, 0.3) is 28.8 Å². The predicted molar refractivity (Wildman–Crippen MR) is 487 cm³/mol. The van der Waals surface area contributed by atoms with E-state index in [1.54, 1.807) is 74.4 Å². The van der Waals surface area contributed by atoms with Crippen LogP contribution in [0.25, 0.3) is 101 Å². The maximum atomic E-state index is 13.4. The van der Waals surface area contributed by atoms with Crippen molar-refractivity contribution in [2.75, 3.05) is 26.6 Å². The molecule has 1 unspecified atom stereocenters. The number of rotatable bonds is 34. The Hall–Kier alpha value is -13.8. The van der Waals surface area contributed by atoms with Crippen LogP contribution in [0.2, 0.25) is 0 Å². The first-order chi connectivity index (χ1) is 67.5. The van der Waals surface area contributed by atoms with Gasteiger partial charge in [0.05, 0.1) is 89.2 Å². The summed E-state index contributed by atoms with van der Waals surface area (Å²) in [5.41, 5.74) is 14.6. The summed E-state index contributed by atoms with van der Waals surface area (Å²) in [5.74, 6) is -3.84. The van der Waals surface area contributed by atoms with Gasteiger partial charge in [-0.2, -0.15) is 15.0 Å². The van der Waals surface area contributed by atoms with E-state index >= 15 is 0 Å². The smallest absolute Gasteiger partial charge is 0.465 e. The molecule has 0 aliphatic rings. The summed E-state index contributed by atoms with van der Waals surface area (Å²) in [5, 5.41) is 23.1. The summed E-state index contributed by atoms with van der Waals surface area (Å²) >= 11 is 0. The largest absolute Gasteiger partial charge is 1.00 e. The summed E-state index contributed by atoms with van der Waals surface area (Å²) in [6.07, 6.45) is 4.14. The Morgan fingerprint density at radius 1 is 0.430 bits per heavy atom. The monoisotopic (exact) mass is 2000 g/mol. The Balaban J connectivity index is 0.000000177. The van der Waals surface area contributed by atoms with Crippen LogP contribution < -0.4 is 205 Å². The molecule has 1 N–H and O–H groups in total. The van der Waals surface area contributed by atoms with Gasteiger partial charge in [-0.1, -0.05) is 174 Å². The van der Waals surface area contributed by atoms with Crippen molar-refractivity contribution in [3.8, 4) is 85.6 Å². The third kappa shape index (κ3) is 25.9. The Bertz CT molecular complexity index is 7750. The van der Waals surface area contributed by atoms with Crippen molar-refractivity contribution in [3.63, 3.8) is 0 Å². The van der Waals surface area contributed by atoms with E-state index in [0.717, 1.165) is 61.2 Å². The first kappa shape index (κ1) is 105. The predicted octanol–water partition coefficient (Wildman–Crippen LogP) is 4.28. The van der Waals surface area contributed by atoms with Crippen LogP contribution in [0.4, 0.5) is 9.59 Å². The van der Waals surface area contributed by atoms with Crippen LogP contribution in [0.5, 0.6) is 18.0 Å². The summed E-state index contributed by atoms with van der Waals surface area (Å²) in [4.78, 5) is 150. The zero-order chi connectivity index (χ0) is 97.2. The average Bonchev–Trinajstić information content (AvgIpc) is 1.62. The van der Waals surface area contributed by atoms with Crippen molar-refractivity contribution >= 4 is 63.3 Å². The fourth-order valence-corrected chi connectivity index (χ4v) is 14.9. The molecule has 46 heteroatoms. The van der Waals surface area contributed by atoms with Crippen molar-refractivity contribution in [1.29, 1.82) is 0 Å². The molecule has 0 radical (unpaired) electrons. The van der Waals surface area contributed by atoms with Gasteiger partial charge in [-0.05, 0) is 158 Å². The van der Waals surface area contributed by atoms with Gasteiger partial charge in [0.1, 0.15) is 13.2 Å². The number of para-hydroxylation sites is 3. The van der Waals surface area contributed by atoms with Crippen molar-refractivity contribution in [1.82, 2.24) is 73.4 Å². The number of ether oxygens (including phenoxy) is 10. The van der Waals surface area contributed by atoms with Gasteiger partial charge < -0.3 is 89.9 Å². The molecule has 0 aliphatic heterocycles. The molecule has 0 aliphatic carbocycles. The van der Waals surface area contributed by atoms with Gasteiger partial charge in [-0.3, -0.25) is 29.2 Å². The standard InChI is InChI=1S/C34H31N5O8.C33H29N5O8.C29H23N7O10.3K/c1-4-43-32-35-28-11-7-10-27(31(40)45-21(2)46-34(42)44-20-23-16-17-38(3)18-23)29(28)39(32)19-22-12-14-24(15-13-22)25-8-5-6-9-26(25)30-36-33(41)47-37-30;1-3-42-31-34-27-10-6-9-26(30(39)44-20-45-33(41)43-19-22-15-16-37(2)17-22)28(27)38(31)18-21-11-13-23(14-12-21)24-7-4-5-8-25(24)29-35-32(40)46-36-29;1-2-42-28-30-22-9-5-8-21(27(37)43-15-23-24(16-44-36(40)41)35(39)46-32-23)25(22)34(28)14-17-10-12-18(13-11-17)19-6-3-4-7-20(19)26-31-29(38)45-33-26;;;/h5-18,21H,4,19-20H2,1-3H3,(H,36,37,41);4-17H,3,18-20H2,1-2H3,(H,35,36,40);3-13H,2,14-16H2,1H3,(H-,31,32,33,38,39);;;/q;;;3*+1/p-2. The molecule has 9 aromatic carbocycles. The SMILES string of the molecule is CCOc1nc2cccc(C(=O)OC(C)OC(=O)OCc3ccn(C)c3)c2n1Cc1ccc(-c2ccccc2-c2noc(=O)[n-]2)cc1.CCOc1nc2cccc(C(=O)OCOC(=O)OCc3ccn(C)c3)c2n1Cc1ccc(-c2ccccc2-c2noc(=O)[n-]2)cc1.CCOc1nc2cccc(C(=O)OCc3[nH]o[n+](=O)c3CO[N+](=O)[O-])c2n1Cc1ccc(-c2ccccc2-c2noc(=O)[n-]2)cc1.[K+].[K+].[K+]. The molecule has 43 nitrogen and oxygen atoms in total. The van der Waals surface area contributed by atoms with Crippen LogP contribution in [0.3, 0.4) is 0 Å². The van der Waals surface area contributed by atoms with Crippen LogP contribution in [-0.2, 0) is 98.2 Å². The van der Waals surface area contributed by atoms with Gasteiger partial charge in [-0.15, -0.1) is 10.1 Å². The van der Waals surface area contributed by atoms with E-state index in [4.69, 9.17) is 47.4 Å².